The van der Waals surface area contributed by atoms with Crippen molar-refractivity contribution < 1.29 is 9.53 Å². The third kappa shape index (κ3) is 4.11. The van der Waals surface area contributed by atoms with Gasteiger partial charge in [-0.3, -0.25) is 4.79 Å². The highest BCUT2D eigenvalue weighted by Crippen LogP contribution is 2.27. The van der Waals surface area contributed by atoms with Crippen LogP contribution in [0, 0.1) is 12.8 Å². The zero-order valence-corrected chi connectivity index (χ0v) is 13.6. The second kappa shape index (κ2) is 7.14. The highest BCUT2D eigenvalue weighted by Gasteiger charge is 2.29. The number of carbonyl (C=O) groups excluding carboxylic acids is 1. The van der Waals surface area contributed by atoms with Crippen LogP contribution >= 0.6 is 11.6 Å². The quantitative estimate of drug-likeness (QED) is 0.908. The molecule has 0 spiro atoms. The van der Waals surface area contributed by atoms with E-state index in [-0.39, 0.29) is 5.91 Å². The van der Waals surface area contributed by atoms with Crippen LogP contribution in [0.25, 0.3) is 0 Å². The van der Waals surface area contributed by atoms with Crippen molar-refractivity contribution >= 4 is 17.5 Å². The zero-order valence-electron chi connectivity index (χ0n) is 12.9. The molecule has 1 aromatic carbocycles. The number of benzene rings is 1. The van der Waals surface area contributed by atoms with Crippen LogP contribution in [0.3, 0.4) is 0 Å². The number of hydrogen-bond acceptors (Lipinski definition) is 3. The third-order valence-corrected chi connectivity index (χ3v) is 4.14. The normalized spacial score (nSPS) is 19.6. The minimum atomic E-state index is -0.516. The molecule has 1 saturated heterocycles. The van der Waals surface area contributed by atoms with Crippen molar-refractivity contribution in [2.45, 2.75) is 26.4 Å². The van der Waals surface area contributed by atoms with Gasteiger partial charge in [-0.15, -0.1) is 0 Å². The van der Waals surface area contributed by atoms with E-state index in [2.05, 4.69) is 5.32 Å². The number of rotatable bonds is 5. The summed E-state index contributed by atoms with van der Waals surface area (Å²) in [6.45, 7) is 6.31. The van der Waals surface area contributed by atoms with Crippen molar-refractivity contribution in [3.63, 3.8) is 0 Å². The summed E-state index contributed by atoms with van der Waals surface area (Å²) >= 11 is 6.11. The zero-order chi connectivity index (χ0) is 15.4. The van der Waals surface area contributed by atoms with Crippen molar-refractivity contribution in [2.75, 3.05) is 26.7 Å². The molecule has 2 rings (SSSR count). The Kier molecular flexibility index (Phi) is 5.48. The van der Waals surface area contributed by atoms with E-state index in [1.54, 1.807) is 13.0 Å². The molecule has 21 heavy (non-hydrogen) atoms. The van der Waals surface area contributed by atoms with E-state index in [0.29, 0.717) is 16.7 Å². The fourth-order valence-corrected chi connectivity index (χ4v) is 2.85. The van der Waals surface area contributed by atoms with E-state index in [1.165, 1.54) is 0 Å². The lowest BCUT2D eigenvalue weighted by atomic mass is 10.1. The van der Waals surface area contributed by atoms with E-state index >= 15 is 0 Å². The molecule has 1 aromatic rings. The van der Waals surface area contributed by atoms with Gasteiger partial charge in [-0.25, -0.2) is 0 Å². The molecule has 4 nitrogen and oxygen atoms in total. The Labute approximate surface area is 131 Å². The summed E-state index contributed by atoms with van der Waals surface area (Å²) in [5.74, 6) is 1.14. The Morgan fingerprint density at radius 2 is 2.33 bits per heavy atom. The fourth-order valence-electron chi connectivity index (χ4n) is 2.69. The van der Waals surface area contributed by atoms with Gasteiger partial charge in [0.05, 0.1) is 5.02 Å². The molecule has 1 aliphatic rings. The summed E-state index contributed by atoms with van der Waals surface area (Å²) in [6.07, 6.45) is 0.530. The molecule has 1 fully saturated rings. The van der Waals surface area contributed by atoms with E-state index in [4.69, 9.17) is 16.3 Å². The monoisotopic (exact) mass is 310 g/mol. The van der Waals surface area contributed by atoms with Crippen LogP contribution in [0.5, 0.6) is 5.75 Å². The average molecular weight is 311 g/mol. The van der Waals surface area contributed by atoms with Gasteiger partial charge in [0.15, 0.2) is 6.10 Å². The summed E-state index contributed by atoms with van der Waals surface area (Å²) in [4.78, 5) is 14.3. The lowest BCUT2D eigenvalue weighted by Gasteiger charge is -2.22. The first-order valence-electron chi connectivity index (χ1n) is 7.37. The van der Waals surface area contributed by atoms with Crippen LogP contribution in [0.2, 0.25) is 5.02 Å². The fraction of sp³-hybridized carbons (Fsp3) is 0.562. The van der Waals surface area contributed by atoms with Gasteiger partial charge in [0.2, 0.25) is 0 Å². The van der Waals surface area contributed by atoms with Gasteiger partial charge >= 0.3 is 0 Å². The second-order valence-electron chi connectivity index (χ2n) is 5.69. The molecule has 0 aliphatic carbocycles. The van der Waals surface area contributed by atoms with Crippen LogP contribution in [0.4, 0.5) is 0 Å². The number of amides is 1. The molecular formula is C16H23ClN2O2. The van der Waals surface area contributed by atoms with E-state index in [9.17, 15) is 4.79 Å². The van der Waals surface area contributed by atoms with Gasteiger partial charge in [0.1, 0.15) is 5.75 Å². The molecular weight excluding hydrogens is 288 g/mol. The van der Waals surface area contributed by atoms with Crippen molar-refractivity contribution in [3.8, 4) is 5.75 Å². The Hall–Kier alpha value is -1.26. The maximum atomic E-state index is 12.4. The standard InChI is InChI=1S/C16H23ClN2O2/c1-11-4-5-14(17)15(8-11)21-12(2)16(20)19-7-6-13(10-19)9-18-3/h4-5,8,12-13,18H,6-7,9-10H2,1-3H3. The smallest absolute Gasteiger partial charge is 0.263 e. The van der Waals surface area contributed by atoms with Crippen LogP contribution < -0.4 is 10.1 Å². The summed E-state index contributed by atoms with van der Waals surface area (Å²) < 4.78 is 5.76. The number of halogens is 1. The van der Waals surface area contributed by atoms with Gasteiger partial charge in [-0.2, -0.15) is 0 Å². The Morgan fingerprint density at radius 1 is 1.57 bits per heavy atom. The summed E-state index contributed by atoms with van der Waals surface area (Å²) in [7, 11) is 1.94. The minimum Gasteiger partial charge on any atom is -0.479 e. The molecule has 5 heteroatoms. The molecule has 1 aliphatic heterocycles. The van der Waals surface area contributed by atoms with Crippen LogP contribution in [0.1, 0.15) is 18.9 Å². The summed E-state index contributed by atoms with van der Waals surface area (Å²) in [6, 6.07) is 5.58. The van der Waals surface area contributed by atoms with E-state index in [0.717, 1.165) is 31.6 Å². The van der Waals surface area contributed by atoms with Crippen molar-refractivity contribution in [3.05, 3.63) is 28.8 Å². The highest BCUT2D eigenvalue weighted by atomic mass is 35.5. The second-order valence-corrected chi connectivity index (χ2v) is 6.10. The molecule has 2 atom stereocenters. The first kappa shape index (κ1) is 16.1. The number of carbonyl (C=O) groups is 1. The number of nitrogens with zero attached hydrogens (tertiary/aromatic N) is 1. The van der Waals surface area contributed by atoms with Crippen LogP contribution in [-0.2, 0) is 4.79 Å². The van der Waals surface area contributed by atoms with Gasteiger partial charge in [-0.05, 0) is 57.5 Å². The van der Waals surface area contributed by atoms with Crippen molar-refractivity contribution in [2.24, 2.45) is 5.92 Å². The maximum Gasteiger partial charge on any atom is 0.263 e. The Morgan fingerprint density at radius 3 is 3.05 bits per heavy atom. The van der Waals surface area contributed by atoms with Crippen LogP contribution in [-0.4, -0.2) is 43.6 Å². The summed E-state index contributed by atoms with van der Waals surface area (Å²) in [5.41, 5.74) is 1.06. The molecule has 1 heterocycles. The molecule has 116 valence electrons. The number of ether oxygens (including phenoxy) is 1. The van der Waals surface area contributed by atoms with Gasteiger partial charge in [-0.1, -0.05) is 17.7 Å². The molecule has 0 saturated carbocycles. The first-order valence-corrected chi connectivity index (χ1v) is 7.75. The molecule has 2 unspecified atom stereocenters. The SMILES string of the molecule is CNCC1CCN(C(=O)C(C)Oc2cc(C)ccc2Cl)C1. The molecule has 1 amide bonds. The molecule has 0 aromatic heterocycles. The van der Waals surface area contributed by atoms with Crippen LogP contribution in [0.15, 0.2) is 18.2 Å². The third-order valence-electron chi connectivity index (χ3n) is 3.83. The predicted octanol–water partition coefficient (Wildman–Crippen LogP) is 2.48. The van der Waals surface area contributed by atoms with E-state index in [1.807, 2.05) is 31.0 Å². The number of aryl methyl sites for hydroxylation is 1. The lowest BCUT2D eigenvalue weighted by molar-refractivity contribution is -0.136. The predicted molar refractivity (Wildman–Crippen MR) is 84.9 cm³/mol. The van der Waals surface area contributed by atoms with Crippen molar-refractivity contribution in [1.29, 1.82) is 0 Å². The maximum absolute atomic E-state index is 12.4. The Bertz CT molecular complexity index is 507. The minimum absolute atomic E-state index is 0.0335. The highest BCUT2D eigenvalue weighted by molar-refractivity contribution is 6.32. The average Bonchev–Trinajstić information content (AvgIpc) is 2.91. The van der Waals surface area contributed by atoms with Gasteiger partial charge < -0.3 is 15.0 Å². The number of hydrogen-bond donors (Lipinski definition) is 1. The van der Waals surface area contributed by atoms with E-state index < -0.39 is 6.10 Å². The summed E-state index contributed by atoms with van der Waals surface area (Å²) in [5, 5.41) is 3.70. The van der Waals surface area contributed by atoms with Crippen molar-refractivity contribution in [1.82, 2.24) is 10.2 Å². The topological polar surface area (TPSA) is 41.6 Å². The lowest BCUT2D eigenvalue weighted by Crippen LogP contribution is -2.39. The first-order chi connectivity index (χ1) is 10.0. The van der Waals surface area contributed by atoms with Gasteiger partial charge in [0.25, 0.3) is 5.91 Å². The number of nitrogens with one attached hydrogen (secondary N) is 1. The molecule has 1 N–H and O–H groups in total. The molecule has 0 radical (unpaired) electrons. The molecule has 0 bridgehead atoms. The van der Waals surface area contributed by atoms with Gasteiger partial charge in [0, 0.05) is 13.1 Å². The number of likely N-dealkylation sites (tertiary alicyclic amines) is 1. The largest absolute Gasteiger partial charge is 0.479 e. The Balaban J connectivity index is 1.95.